The van der Waals surface area contributed by atoms with Crippen LogP contribution in [0.5, 0.6) is 0 Å². The molecule has 9 nitrogen and oxygen atoms in total. The van der Waals surface area contributed by atoms with E-state index in [9.17, 15) is 24.3 Å². The average molecular weight is 482 g/mol. The molecule has 1 aliphatic rings. The summed E-state index contributed by atoms with van der Waals surface area (Å²) in [6.45, 7) is 3.04. The van der Waals surface area contributed by atoms with Crippen LogP contribution in [0.4, 0.5) is 4.79 Å². The lowest BCUT2D eigenvalue weighted by Gasteiger charge is -2.34. The van der Waals surface area contributed by atoms with Crippen molar-refractivity contribution in [2.24, 2.45) is 0 Å². The van der Waals surface area contributed by atoms with E-state index in [0.717, 1.165) is 27.2 Å². The summed E-state index contributed by atoms with van der Waals surface area (Å²) in [6.07, 6.45) is -1.34. The van der Waals surface area contributed by atoms with Gasteiger partial charge in [0.2, 0.25) is 11.8 Å². The minimum absolute atomic E-state index is 0.0841. The molecule has 0 radical (unpaired) electrons. The zero-order valence-corrected chi connectivity index (χ0v) is 20.6. The predicted molar refractivity (Wildman–Crippen MR) is 130 cm³/mol. The summed E-state index contributed by atoms with van der Waals surface area (Å²) in [5.74, 6) is -2.49. The van der Waals surface area contributed by atoms with E-state index in [-0.39, 0.29) is 12.5 Å². The number of amides is 3. The van der Waals surface area contributed by atoms with Crippen molar-refractivity contribution in [3.8, 4) is 11.1 Å². The maximum absolute atomic E-state index is 13.1. The van der Waals surface area contributed by atoms with Gasteiger partial charge in [-0.05, 0) is 36.1 Å². The van der Waals surface area contributed by atoms with E-state index >= 15 is 0 Å². The largest absolute Gasteiger partial charge is 0.481 e. The topological polar surface area (TPSA) is 116 Å². The fraction of sp³-hybridized carbons (Fsp3) is 0.385. The van der Waals surface area contributed by atoms with Gasteiger partial charge in [0.15, 0.2) is 0 Å². The van der Waals surface area contributed by atoms with Crippen LogP contribution in [0.1, 0.15) is 37.3 Å². The van der Waals surface area contributed by atoms with E-state index in [1.807, 2.05) is 48.5 Å². The number of carboxylic acids is 1. The minimum Gasteiger partial charge on any atom is -0.481 e. The zero-order valence-electron chi connectivity index (χ0n) is 20.6. The molecule has 0 fully saturated rings. The number of alkyl carbamates (subject to hydrolysis) is 1. The van der Waals surface area contributed by atoms with E-state index in [0.29, 0.717) is 0 Å². The van der Waals surface area contributed by atoms with Crippen molar-refractivity contribution in [2.75, 3.05) is 27.7 Å². The highest BCUT2D eigenvalue weighted by molar-refractivity contribution is 5.94. The fourth-order valence-corrected chi connectivity index (χ4v) is 4.38. The SMILES string of the molecule is CN(C)C(=O)C(CC(=O)O)N(C)C(=O)C(C)(C)NC(=O)OCC1c2ccccc2-c2ccccc21. The van der Waals surface area contributed by atoms with Crippen LogP contribution < -0.4 is 5.32 Å². The number of nitrogens with one attached hydrogen (secondary N) is 1. The van der Waals surface area contributed by atoms with Crippen LogP contribution in [0, 0.1) is 0 Å². The number of carbonyl (C=O) groups is 4. The van der Waals surface area contributed by atoms with Gasteiger partial charge in [-0.25, -0.2) is 4.79 Å². The average Bonchev–Trinajstić information content (AvgIpc) is 3.13. The first-order chi connectivity index (χ1) is 16.4. The predicted octanol–water partition coefficient (Wildman–Crippen LogP) is 2.69. The Morgan fingerprint density at radius 2 is 1.49 bits per heavy atom. The summed E-state index contributed by atoms with van der Waals surface area (Å²) in [5, 5.41) is 11.8. The maximum Gasteiger partial charge on any atom is 0.408 e. The third-order valence-corrected chi connectivity index (χ3v) is 6.17. The Balaban J connectivity index is 1.69. The number of rotatable bonds is 8. The summed E-state index contributed by atoms with van der Waals surface area (Å²) in [7, 11) is 4.31. The molecule has 2 aromatic rings. The Kier molecular flexibility index (Phi) is 7.48. The number of ether oxygens (including phenoxy) is 1. The third kappa shape index (κ3) is 5.45. The number of likely N-dealkylation sites (N-methyl/N-ethyl adjacent to an activating group) is 2. The highest BCUT2D eigenvalue weighted by Crippen LogP contribution is 2.44. The molecule has 3 rings (SSSR count). The number of carboxylic acid groups (broad SMARTS) is 1. The first kappa shape index (κ1) is 25.7. The molecule has 0 aliphatic heterocycles. The maximum atomic E-state index is 13.1. The van der Waals surface area contributed by atoms with Crippen LogP contribution in [0.15, 0.2) is 48.5 Å². The molecule has 0 heterocycles. The Bertz CT molecular complexity index is 1100. The van der Waals surface area contributed by atoms with E-state index in [1.54, 1.807) is 0 Å². The van der Waals surface area contributed by atoms with Crippen molar-refractivity contribution >= 4 is 23.9 Å². The number of carbonyl (C=O) groups excluding carboxylic acids is 3. The molecule has 0 aromatic heterocycles. The number of benzene rings is 2. The van der Waals surface area contributed by atoms with Crippen molar-refractivity contribution in [1.29, 1.82) is 0 Å². The number of hydrogen-bond acceptors (Lipinski definition) is 5. The first-order valence-electron chi connectivity index (χ1n) is 11.3. The molecule has 186 valence electrons. The molecule has 1 aliphatic carbocycles. The Morgan fingerprint density at radius 3 is 1.97 bits per heavy atom. The summed E-state index contributed by atoms with van der Waals surface area (Å²) in [4.78, 5) is 51.9. The molecule has 0 spiro atoms. The van der Waals surface area contributed by atoms with Gasteiger partial charge in [0, 0.05) is 27.1 Å². The fourth-order valence-electron chi connectivity index (χ4n) is 4.38. The molecular formula is C26H31N3O6. The van der Waals surface area contributed by atoms with Crippen molar-refractivity contribution < 1.29 is 29.0 Å². The van der Waals surface area contributed by atoms with Gasteiger partial charge in [-0.3, -0.25) is 14.4 Å². The molecule has 9 heteroatoms. The third-order valence-electron chi connectivity index (χ3n) is 6.17. The lowest BCUT2D eigenvalue weighted by atomic mass is 9.98. The van der Waals surface area contributed by atoms with Crippen LogP contribution in [-0.4, -0.2) is 78.1 Å². The van der Waals surface area contributed by atoms with E-state index < -0.39 is 41.9 Å². The van der Waals surface area contributed by atoms with Gasteiger partial charge < -0.3 is 25.0 Å². The second-order valence-corrected chi connectivity index (χ2v) is 9.34. The van der Waals surface area contributed by atoms with Gasteiger partial charge in [0.1, 0.15) is 18.2 Å². The van der Waals surface area contributed by atoms with Gasteiger partial charge in [0.25, 0.3) is 0 Å². The van der Waals surface area contributed by atoms with Gasteiger partial charge in [0.05, 0.1) is 6.42 Å². The van der Waals surface area contributed by atoms with E-state index in [2.05, 4.69) is 5.32 Å². The zero-order chi connectivity index (χ0) is 25.9. The number of aliphatic carboxylic acids is 1. The molecule has 0 saturated carbocycles. The van der Waals surface area contributed by atoms with Crippen LogP contribution >= 0.6 is 0 Å². The quantitative estimate of drug-likeness (QED) is 0.599. The highest BCUT2D eigenvalue weighted by atomic mass is 16.5. The van der Waals surface area contributed by atoms with Gasteiger partial charge in [-0.15, -0.1) is 0 Å². The molecule has 2 N–H and O–H groups in total. The van der Waals surface area contributed by atoms with Crippen molar-refractivity contribution in [1.82, 2.24) is 15.1 Å². The summed E-state index contributed by atoms with van der Waals surface area (Å²) < 4.78 is 5.53. The lowest BCUT2D eigenvalue weighted by Crippen LogP contribution is -2.59. The number of hydrogen-bond donors (Lipinski definition) is 2. The van der Waals surface area contributed by atoms with Crippen molar-refractivity contribution in [3.05, 3.63) is 59.7 Å². The summed E-state index contributed by atoms with van der Waals surface area (Å²) in [5.41, 5.74) is 2.89. The van der Waals surface area contributed by atoms with Crippen LogP contribution in [0.2, 0.25) is 0 Å². The van der Waals surface area contributed by atoms with Crippen molar-refractivity contribution in [2.45, 2.75) is 37.8 Å². The van der Waals surface area contributed by atoms with Gasteiger partial charge in [-0.2, -0.15) is 0 Å². The van der Waals surface area contributed by atoms with Crippen LogP contribution in [0.3, 0.4) is 0 Å². The molecule has 0 saturated heterocycles. The molecule has 0 bridgehead atoms. The minimum atomic E-state index is -1.44. The Hall–Kier alpha value is -3.88. The molecule has 35 heavy (non-hydrogen) atoms. The highest BCUT2D eigenvalue weighted by Gasteiger charge is 2.39. The molecule has 2 aromatic carbocycles. The molecule has 1 atom stereocenters. The Morgan fingerprint density at radius 1 is 0.971 bits per heavy atom. The number of nitrogens with zero attached hydrogens (tertiary/aromatic N) is 2. The van der Waals surface area contributed by atoms with E-state index in [1.165, 1.54) is 39.9 Å². The number of fused-ring (bicyclic) bond motifs is 3. The van der Waals surface area contributed by atoms with Crippen LogP contribution in [-0.2, 0) is 19.1 Å². The Labute approximate surface area is 204 Å². The van der Waals surface area contributed by atoms with Crippen LogP contribution in [0.25, 0.3) is 11.1 Å². The van der Waals surface area contributed by atoms with Crippen molar-refractivity contribution in [3.63, 3.8) is 0 Å². The monoisotopic (exact) mass is 481 g/mol. The summed E-state index contributed by atoms with van der Waals surface area (Å²) in [6, 6.07) is 14.7. The second kappa shape index (κ2) is 10.2. The van der Waals surface area contributed by atoms with Gasteiger partial charge >= 0.3 is 12.1 Å². The molecular weight excluding hydrogens is 450 g/mol. The standard InChI is InChI=1S/C26H31N3O6/c1-26(2,24(33)29(5)21(14-22(30)31)23(32)28(3)4)27-25(34)35-15-20-18-12-8-6-10-16(18)17-11-7-9-13-19(17)20/h6-13,20-21H,14-15H2,1-5H3,(H,27,34)(H,30,31). The first-order valence-corrected chi connectivity index (χ1v) is 11.3. The smallest absolute Gasteiger partial charge is 0.408 e. The normalized spacial score (nSPS) is 13.3. The van der Waals surface area contributed by atoms with Gasteiger partial charge in [-0.1, -0.05) is 48.5 Å². The molecule has 1 unspecified atom stereocenters. The lowest BCUT2D eigenvalue weighted by molar-refractivity contribution is -0.150. The van der Waals surface area contributed by atoms with E-state index in [4.69, 9.17) is 4.74 Å². The molecule has 3 amide bonds. The second-order valence-electron chi connectivity index (χ2n) is 9.34. The summed E-state index contributed by atoms with van der Waals surface area (Å²) >= 11 is 0.